The summed E-state index contributed by atoms with van der Waals surface area (Å²) >= 11 is 0. The summed E-state index contributed by atoms with van der Waals surface area (Å²) in [5, 5.41) is 5.47. The Hall–Kier alpha value is -2.04. The van der Waals surface area contributed by atoms with Gasteiger partial charge in [0.25, 0.3) is 0 Å². The summed E-state index contributed by atoms with van der Waals surface area (Å²) < 4.78 is 5.06. The second-order valence-electron chi connectivity index (χ2n) is 7.57. The Labute approximate surface area is 144 Å². The quantitative estimate of drug-likeness (QED) is 0.834. The van der Waals surface area contributed by atoms with Crippen LogP contribution in [0.5, 0.6) is 5.75 Å². The van der Waals surface area contributed by atoms with Crippen molar-refractivity contribution in [1.29, 1.82) is 0 Å². The van der Waals surface area contributed by atoms with Crippen molar-refractivity contribution in [3.63, 3.8) is 0 Å². The fraction of sp³-hybridized carbons (Fsp3) is 0.579. The highest BCUT2D eigenvalue weighted by Crippen LogP contribution is 2.37. The summed E-state index contributed by atoms with van der Waals surface area (Å²) in [5.74, 6) is 0.190. The van der Waals surface area contributed by atoms with Crippen LogP contribution in [0, 0.1) is 11.3 Å². The van der Waals surface area contributed by atoms with Gasteiger partial charge in [-0.25, -0.2) is 0 Å². The van der Waals surface area contributed by atoms with Crippen LogP contribution in [-0.4, -0.2) is 25.0 Å². The molecule has 0 bridgehead atoms. The zero-order valence-corrected chi connectivity index (χ0v) is 15.0. The Bertz CT molecular complexity index is 567. The van der Waals surface area contributed by atoms with Crippen LogP contribution < -0.4 is 15.4 Å². The molecule has 132 valence electrons. The molecule has 5 heteroatoms. The van der Waals surface area contributed by atoms with E-state index in [1.165, 1.54) is 0 Å². The van der Waals surface area contributed by atoms with Crippen LogP contribution in [0.1, 0.15) is 46.5 Å². The van der Waals surface area contributed by atoms with E-state index < -0.39 is 11.8 Å². The smallest absolute Gasteiger partial charge is 0.313 e. The molecule has 0 heterocycles. The van der Waals surface area contributed by atoms with Crippen molar-refractivity contribution in [1.82, 2.24) is 5.32 Å². The van der Waals surface area contributed by atoms with Gasteiger partial charge in [-0.3, -0.25) is 9.59 Å². The van der Waals surface area contributed by atoms with Crippen LogP contribution in [0.3, 0.4) is 0 Å². The van der Waals surface area contributed by atoms with E-state index in [4.69, 9.17) is 4.74 Å². The summed E-state index contributed by atoms with van der Waals surface area (Å²) in [7, 11) is 1.58. The summed E-state index contributed by atoms with van der Waals surface area (Å²) in [6.45, 7) is 6.79. The first-order valence-electron chi connectivity index (χ1n) is 8.55. The Balaban J connectivity index is 1.80. The number of anilines is 1. The van der Waals surface area contributed by atoms with Crippen molar-refractivity contribution in [2.24, 2.45) is 11.3 Å². The van der Waals surface area contributed by atoms with Crippen molar-refractivity contribution < 1.29 is 14.3 Å². The molecule has 1 aliphatic carbocycles. The molecule has 0 saturated heterocycles. The van der Waals surface area contributed by atoms with E-state index in [0.717, 1.165) is 25.7 Å². The van der Waals surface area contributed by atoms with E-state index in [1.807, 2.05) is 0 Å². The van der Waals surface area contributed by atoms with Crippen molar-refractivity contribution in [3.05, 3.63) is 24.3 Å². The zero-order valence-electron chi connectivity index (χ0n) is 15.0. The van der Waals surface area contributed by atoms with Crippen molar-refractivity contribution in [2.75, 3.05) is 12.4 Å². The highest BCUT2D eigenvalue weighted by Gasteiger charge is 2.30. The first kappa shape index (κ1) is 18.3. The molecule has 0 atom stereocenters. The number of rotatable bonds is 3. The number of benzene rings is 1. The number of ether oxygens (including phenoxy) is 1. The van der Waals surface area contributed by atoms with Crippen LogP contribution in [0.25, 0.3) is 0 Å². The van der Waals surface area contributed by atoms with E-state index in [2.05, 4.69) is 31.4 Å². The maximum absolute atomic E-state index is 12.1. The molecule has 1 aromatic rings. The lowest BCUT2D eigenvalue weighted by Crippen LogP contribution is -2.44. The van der Waals surface area contributed by atoms with Crippen molar-refractivity contribution in [2.45, 2.75) is 52.5 Å². The molecule has 24 heavy (non-hydrogen) atoms. The molecule has 1 fully saturated rings. The van der Waals surface area contributed by atoms with Gasteiger partial charge in [0.2, 0.25) is 0 Å². The number of methoxy groups -OCH3 is 1. The van der Waals surface area contributed by atoms with Gasteiger partial charge in [0.05, 0.1) is 7.11 Å². The molecule has 5 nitrogen and oxygen atoms in total. The molecule has 0 spiro atoms. The summed E-state index contributed by atoms with van der Waals surface area (Å²) in [6, 6.07) is 6.98. The third-order valence-electron chi connectivity index (χ3n) is 4.84. The van der Waals surface area contributed by atoms with Crippen LogP contribution in [0.4, 0.5) is 5.69 Å². The Morgan fingerprint density at radius 1 is 1.00 bits per heavy atom. The third-order valence-corrected chi connectivity index (χ3v) is 4.84. The van der Waals surface area contributed by atoms with Gasteiger partial charge in [-0.15, -0.1) is 0 Å². The lowest BCUT2D eigenvalue weighted by Gasteiger charge is -2.37. The molecule has 2 N–H and O–H groups in total. The second kappa shape index (κ2) is 7.69. The van der Waals surface area contributed by atoms with Crippen LogP contribution >= 0.6 is 0 Å². The fourth-order valence-corrected chi connectivity index (χ4v) is 3.22. The maximum Gasteiger partial charge on any atom is 0.313 e. The average molecular weight is 332 g/mol. The molecule has 0 unspecified atom stereocenters. The number of hydrogen-bond donors (Lipinski definition) is 2. The Kier molecular flexibility index (Phi) is 5.86. The summed E-state index contributed by atoms with van der Waals surface area (Å²) in [5.41, 5.74) is 0.883. The van der Waals surface area contributed by atoms with E-state index in [0.29, 0.717) is 22.8 Å². The number of hydrogen-bond acceptors (Lipinski definition) is 3. The number of amides is 2. The van der Waals surface area contributed by atoms with E-state index in [-0.39, 0.29) is 6.04 Å². The molecule has 2 amide bonds. The molecule has 0 aromatic heterocycles. The zero-order chi connectivity index (χ0) is 17.7. The van der Waals surface area contributed by atoms with Gasteiger partial charge in [0, 0.05) is 11.7 Å². The number of nitrogens with one attached hydrogen (secondary N) is 2. The largest absolute Gasteiger partial charge is 0.497 e. The first-order chi connectivity index (χ1) is 11.3. The molecular weight excluding hydrogens is 304 g/mol. The lowest BCUT2D eigenvalue weighted by atomic mass is 9.71. The van der Waals surface area contributed by atoms with Crippen molar-refractivity contribution >= 4 is 17.5 Å². The highest BCUT2D eigenvalue weighted by atomic mass is 16.5. The molecule has 1 saturated carbocycles. The van der Waals surface area contributed by atoms with Crippen LogP contribution in [0.2, 0.25) is 0 Å². The fourth-order valence-electron chi connectivity index (χ4n) is 3.22. The molecule has 2 rings (SSSR count). The summed E-state index contributed by atoms with van der Waals surface area (Å²) in [4.78, 5) is 24.1. The molecule has 1 aliphatic rings. The van der Waals surface area contributed by atoms with E-state index in [9.17, 15) is 9.59 Å². The topological polar surface area (TPSA) is 67.4 Å². The average Bonchev–Trinajstić information content (AvgIpc) is 2.55. The van der Waals surface area contributed by atoms with E-state index in [1.54, 1.807) is 31.4 Å². The Morgan fingerprint density at radius 2 is 1.58 bits per heavy atom. The maximum atomic E-state index is 12.1. The Morgan fingerprint density at radius 3 is 2.08 bits per heavy atom. The van der Waals surface area contributed by atoms with Crippen molar-refractivity contribution in [3.8, 4) is 5.75 Å². The van der Waals surface area contributed by atoms with E-state index >= 15 is 0 Å². The van der Waals surface area contributed by atoms with Gasteiger partial charge in [0.15, 0.2) is 0 Å². The SMILES string of the molecule is COc1ccc(NC(=O)C(=O)NC2CCC(C(C)(C)C)CC2)cc1. The van der Waals surface area contributed by atoms with Gasteiger partial charge in [-0.1, -0.05) is 20.8 Å². The second-order valence-corrected chi connectivity index (χ2v) is 7.57. The summed E-state index contributed by atoms with van der Waals surface area (Å²) in [6.07, 6.45) is 4.05. The number of carbonyl (C=O) groups is 2. The minimum absolute atomic E-state index is 0.0951. The molecular formula is C19H28N2O3. The minimum atomic E-state index is -0.627. The van der Waals surface area contributed by atoms with Crippen LogP contribution in [-0.2, 0) is 9.59 Å². The van der Waals surface area contributed by atoms with Gasteiger partial charge >= 0.3 is 11.8 Å². The van der Waals surface area contributed by atoms with Crippen LogP contribution in [0.15, 0.2) is 24.3 Å². The highest BCUT2D eigenvalue weighted by molar-refractivity contribution is 6.39. The minimum Gasteiger partial charge on any atom is -0.497 e. The molecule has 1 aromatic carbocycles. The van der Waals surface area contributed by atoms with Gasteiger partial charge in [0.1, 0.15) is 5.75 Å². The predicted molar refractivity (Wildman–Crippen MR) is 95.0 cm³/mol. The van der Waals surface area contributed by atoms with Gasteiger partial charge in [-0.05, 0) is 61.3 Å². The third kappa shape index (κ3) is 4.98. The standard InChI is InChI=1S/C19H28N2O3/c1-19(2,3)13-5-7-14(8-6-13)20-17(22)18(23)21-15-9-11-16(24-4)12-10-15/h9-14H,5-8H2,1-4H3,(H,20,22)(H,21,23). The monoisotopic (exact) mass is 332 g/mol. The first-order valence-corrected chi connectivity index (χ1v) is 8.55. The molecule has 0 radical (unpaired) electrons. The molecule has 0 aliphatic heterocycles. The normalized spacial score (nSPS) is 21.0. The number of carbonyl (C=O) groups excluding carboxylic acids is 2. The predicted octanol–water partition coefficient (Wildman–Crippen LogP) is 3.35. The van der Waals surface area contributed by atoms with Gasteiger partial charge < -0.3 is 15.4 Å². The van der Waals surface area contributed by atoms with Gasteiger partial charge in [-0.2, -0.15) is 0 Å². The lowest BCUT2D eigenvalue weighted by molar-refractivity contribution is -0.136.